The van der Waals surface area contributed by atoms with E-state index in [0.717, 1.165) is 24.0 Å². The third-order valence-electron chi connectivity index (χ3n) is 9.53. The van der Waals surface area contributed by atoms with E-state index in [1.54, 1.807) is 6.07 Å². The number of fused-ring (bicyclic) bond motifs is 5. The molecule has 0 radical (unpaired) electrons. The maximum absolute atomic E-state index is 9.45. The Hall–Kier alpha value is -5.64. The fraction of sp³-hybridized carbons (Fsp3) is 0.122. The van der Waals surface area contributed by atoms with Gasteiger partial charge < -0.3 is 4.90 Å². The summed E-state index contributed by atoms with van der Waals surface area (Å²) in [6.45, 7) is 4.65. The van der Waals surface area contributed by atoms with E-state index in [9.17, 15) is 10.5 Å². The second-order valence-corrected chi connectivity index (χ2v) is 12.5. The molecule has 0 unspecified atom stereocenters. The van der Waals surface area contributed by atoms with Crippen molar-refractivity contribution in [3.8, 4) is 23.3 Å². The molecular weight excluding hydrogens is 534 g/mol. The lowest BCUT2D eigenvalue weighted by atomic mass is 9.73. The molecule has 0 saturated carbocycles. The molecule has 2 aliphatic rings. The summed E-state index contributed by atoms with van der Waals surface area (Å²) >= 11 is 0. The molecule has 0 saturated heterocycles. The standard InChI is InChI=1S/C41H29N3/c1-41(2)37-7-3-5-9-39(37)44(40-10-6-4-8-38(40)41)36-14-13-30-20-33-21-32-18-28(31-16-26(24-42)15-27(17-31)25-43)11-12-29(32)19-34(33)22-35(30)23-36/h3-19,21,23H,20,22H2,1-2H3. The van der Waals surface area contributed by atoms with Crippen LogP contribution < -0.4 is 4.90 Å². The second kappa shape index (κ2) is 9.70. The molecule has 8 rings (SSSR count). The summed E-state index contributed by atoms with van der Waals surface area (Å²) in [6.07, 6.45) is 1.79. The van der Waals surface area contributed by atoms with Gasteiger partial charge in [-0.05, 0) is 117 Å². The van der Waals surface area contributed by atoms with Gasteiger partial charge in [-0.15, -0.1) is 0 Å². The van der Waals surface area contributed by atoms with Crippen LogP contribution in [-0.2, 0) is 18.3 Å². The average molecular weight is 564 g/mol. The fourth-order valence-electron chi connectivity index (χ4n) is 7.27. The van der Waals surface area contributed by atoms with Gasteiger partial charge >= 0.3 is 0 Å². The smallest absolute Gasteiger partial charge is 0.0992 e. The number of hydrogen-bond acceptors (Lipinski definition) is 3. The van der Waals surface area contributed by atoms with E-state index in [2.05, 4.69) is 128 Å². The lowest BCUT2D eigenvalue weighted by molar-refractivity contribution is 0.632. The minimum atomic E-state index is -0.0751. The van der Waals surface area contributed by atoms with E-state index in [1.807, 2.05) is 12.1 Å². The molecule has 0 atom stereocenters. The molecule has 3 heteroatoms. The van der Waals surface area contributed by atoms with E-state index in [0.29, 0.717) is 11.1 Å². The Bertz CT molecular complexity index is 2160. The van der Waals surface area contributed by atoms with Gasteiger partial charge in [0.15, 0.2) is 0 Å². The van der Waals surface area contributed by atoms with Crippen LogP contribution >= 0.6 is 0 Å². The Morgan fingerprint density at radius 2 is 1.14 bits per heavy atom. The first-order valence-electron chi connectivity index (χ1n) is 15.0. The van der Waals surface area contributed by atoms with Crippen molar-refractivity contribution in [2.24, 2.45) is 0 Å². The quantitative estimate of drug-likeness (QED) is 0.210. The molecule has 0 bridgehead atoms. The molecule has 1 heterocycles. The molecule has 208 valence electrons. The van der Waals surface area contributed by atoms with Crippen molar-refractivity contribution in [3.05, 3.63) is 160 Å². The third-order valence-corrected chi connectivity index (χ3v) is 9.53. The monoisotopic (exact) mass is 563 g/mol. The molecule has 6 aromatic carbocycles. The van der Waals surface area contributed by atoms with Crippen LogP contribution in [0.3, 0.4) is 0 Å². The summed E-state index contributed by atoms with van der Waals surface area (Å²) in [5.41, 5.74) is 14.7. The Labute approximate surface area is 257 Å². The van der Waals surface area contributed by atoms with E-state index < -0.39 is 0 Å². The zero-order valence-corrected chi connectivity index (χ0v) is 24.7. The number of nitriles is 2. The van der Waals surface area contributed by atoms with Crippen molar-refractivity contribution in [1.29, 1.82) is 10.5 Å². The van der Waals surface area contributed by atoms with Gasteiger partial charge in [-0.25, -0.2) is 0 Å². The minimum Gasteiger partial charge on any atom is -0.310 e. The van der Waals surface area contributed by atoms with Crippen LogP contribution in [0.25, 0.3) is 21.9 Å². The van der Waals surface area contributed by atoms with Gasteiger partial charge in [-0.1, -0.05) is 80.6 Å². The molecular formula is C41H29N3. The molecule has 3 nitrogen and oxygen atoms in total. The van der Waals surface area contributed by atoms with Crippen LogP contribution in [0.2, 0.25) is 0 Å². The highest BCUT2D eigenvalue weighted by molar-refractivity contribution is 5.90. The zero-order valence-electron chi connectivity index (χ0n) is 24.7. The van der Waals surface area contributed by atoms with Gasteiger partial charge in [-0.3, -0.25) is 0 Å². The maximum atomic E-state index is 9.45. The third kappa shape index (κ3) is 4.02. The molecule has 1 aliphatic heterocycles. The molecule has 0 amide bonds. The summed E-state index contributed by atoms with van der Waals surface area (Å²) in [5, 5.41) is 21.3. The summed E-state index contributed by atoms with van der Waals surface area (Å²) < 4.78 is 0. The zero-order chi connectivity index (χ0) is 30.0. The van der Waals surface area contributed by atoms with E-state index in [-0.39, 0.29) is 5.41 Å². The average Bonchev–Trinajstić information content (AvgIpc) is 3.06. The SMILES string of the molecule is CC1(C)c2ccccc2N(c2ccc3c(c2)Cc2cc4ccc(-c5cc(C#N)cc(C#N)c5)cc4cc2C3)c2ccccc21. The van der Waals surface area contributed by atoms with Gasteiger partial charge in [0.2, 0.25) is 0 Å². The number of para-hydroxylation sites is 2. The number of benzene rings is 6. The summed E-state index contributed by atoms with van der Waals surface area (Å²) in [6, 6.07) is 45.4. The predicted octanol–water partition coefficient (Wildman–Crippen LogP) is 9.85. The molecule has 1 aliphatic carbocycles. The largest absolute Gasteiger partial charge is 0.310 e. The summed E-state index contributed by atoms with van der Waals surface area (Å²) in [5.74, 6) is 0. The fourth-order valence-corrected chi connectivity index (χ4v) is 7.27. The number of anilines is 3. The second-order valence-electron chi connectivity index (χ2n) is 12.5. The Balaban J connectivity index is 1.17. The number of rotatable bonds is 2. The van der Waals surface area contributed by atoms with Crippen molar-refractivity contribution in [2.75, 3.05) is 4.90 Å². The normalized spacial score (nSPS) is 14.0. The van der Waals surface area contributed by atoms with Gasteiger partial charge in [0, 0.05) is 11.1 Å². The molecule has 44 heavy (non-hydrogen) atoms. The number of hydrogen-bond donors (Lipinski definition) is 0. The van der Waals surface area contributed by atoms with E-state index in [1.165, 1.54) is 61.2 Å². The Morgan fingerprint density at radius 3 is 1.80 bits per heavy atom. The van der Waals surface area contributed by atoms with Crippen molar-refractivity contribution < 1.29 is 0 Å². The molecule has 0 spiro atoms. The van der Waals surface area contributed by atoms with Gasteiger partial charge in [-0.2, -0.15) is 10.5 Å². The van der Waals surface area contributed by atoms with E-state index >= 15 is 0 Å². The first kappa shape index (κ1) is 26.0. The highest BCUT2D eigenvalue weighted by atomic mass is 15.2. The van der Waals surface area contributed by atoms with Crippen molar-refractivity contribution in [2.45, 2.75) is 32.1 Å². The van der Waals surface area contributed by atoms with Crippen LogP contribution in [0, 0.1) is 22.7 Å². The van der Waals surface area contributed by atoms with Gasteiger partial charge in [0.1, 0.15) is 0 Å². The van der Waals surface area contributed by atoms with Crippen LogP contribution in [-0.4, -0.2) is 0 Å². The first-order valence-corrected chi connectivity index (χ1v) is 15.0. The van der Waals surface area contributed by atoms with Crippen molar-refractivity contribution in [1.82, 2.24) is 0 Å². The van der Waals surface area contributed by atoms with Crippen LogP contribution in [0.5, 0.6) is 0 Å². The molecule has 0 fully saturated rings. The highest BCUT2D eigenvalue weighted by Crippen LogP contribution is 2.52. The summed E-state index contributed by atoms with van der Waals surface area (Å²) in [4.78, 5) is 2.44. The van der Waals surface area contributed by atoms with Gasteiger partial charge in [0.05, 0.1) is 34.6 Å². The molecule has 6 aromatic rings. The van der Waals surface area contributed by atoms with Crippen molar-refractivity contribution >= 4 is 27.8 Å². The van der Waals surface area contributed by atoms with Crippen LogP contribution in [0.15, 0.2) is 115 Å². The Morgan fingerprint density at radius 1 is 0.545 bits per heavy atom. The lowest BCUT2D eigenvalue weighted by Gasteiger charge is -2.42. The van der Waals surface area contributed by atoms with Crippen molar-refractivity contribution in [3.63, 3.8) is 0 Å². The lowest BCUT2D eigenvalue weighted by Crippen LogP contribution is -2.30. The topological polar surface area (TPSA) is 50.8 Å². The Kier molecular flexibility index (Phi) is 5.74. The maximum Gasteiger partial charge on any atom is 0.0992 e. The minimum absolute atomic E-state index is 0.0751. The van der Waals surface area contributed by atoms with E-state index in [4.69, 9.17) is 0 Å². The number of nitrogens with zero attached hydrogens (tertiary/aromatic N) is 3. The van der Waals surface area contributed by atoms with Gasteiger partial charge in [0.25, 0.3) is 0 Å². The predicted molar refractivity (Wildman–Crippen MR) is 178 cm³/mol. The summed E-state index contributed by atoms with van der Waals surface area (Å²) in [7, 11) is 0. The molecule has 0 aromatic heterocycles. The highest BCUT2D eigenvalue weighted by Gasteiger charge is 2.36. The van der Waals surface area contributed by atoms with Crippen LogP contribution in [0.4, 0.5) is 17.1 Å². The first-order chi connectivity index (χ1) is 21.4. The molecule has 0 N–H and O–H groups in total. The van der Waals surface area contributed by atoms with Crippen LogP contribution in [0.1, 0.15) is 58.4 Å².